The SMILES string of the molecule is Cc1ccc([N+](=O)[O-])cc1S(=O)(=O)N1CCN(C(=O)CCc2ccc3c(c2)OCO3)CC1. The number of fused-ring (bicyclic) bond motifs is 1. The monoisotopic (exact) mass is 461 g/mol. The minimum absolute atomic E-state index is 0.0498. The summed E-state index contributed by atoms with van der Waals surface area (Å²) in [7, 11) is -3.89. The molecule has 170 valence electrons. The Bertz CT molecular complexity index is 1160. The molecular weight excluding hydrogens is 438 g/mol. The van der Waals surface area contributed by atoms with Gasteiger partial charge in [0.25, 0.3) is 5.69 Å². The average Bonchev–Trinajstić information content (AvgIpc) is 3.25. The third-order valence-electron chi connectivity index (χ3n) is 5.66. The van der Waals surface area contributed by atoms with Crippen molar-refractivity contribution in [1.82, 2.24) is 9.21 Å². The predicted octanol–water partition coefficient (Wildman–Crippen LogP) is 2.10. The Kier molecular flexibility index (Phi) is 6.02. The summed E-state index contributed by atoms with van der Waals surface area (Å²) in [5, 5.41) is 11.0. The van der Waals surface area contributed by atoms with E-state index >= 15 is 0 Å². The van der Waals surface area contributed by atoms with E-state index in [-0.39, 0.29) is 49.5 Å². The van der Waals surface area contributed by atoms with Crippen LogP contribution in [0, 0.1) is 17.0 Å². The van der Waals surface area contributed by atoms with Gasteiger partial charge in [0.2, 0.25) is 22.7 Å². The topological polar surface area (TPSA) is 119 Å². The molecule has 0 N–H and O–H groups in total. The van der Waals surface area contributed by atoms with E-state index in [4.69, 9.17) is 9.47 Å². The summed E-state index contributed by atoms with van der Waals surface area (Å²) in [6.45, 7) is 2.62. The van der Waals surface area contributed by atoms with Crippen molar-refractivity contribution in [2.75, 3.05) is 33.0 Å². The number of sulfonamides is 1. The number of non-ortho nitro benzene ring substituents is 1. The van der Waals surface area contributed by atoms with Gasteiger partial charge in [0, 0.05) is 44.7 Å². The van der Waals surface area contributed by atoms with Gasteiger partial charge >= 0.3 is 0 Å². The summed E-state index contributed by atoms with van der Waals surface area (Å²) < 4.78 is 38.0. The van der Waals surface area contributed by atoms with Crippen LogP contribution in [-0.2, 0) is 21.2 Å². The number of aryl methyl sites for hydroxylation is 2. The van der Waals surface area contributed by atoms with E-state index in [9.17, 15) is 23.3 Å². The maximum Gasteiger partial charge on any atom is 0.270 e. The second-order valence-corrected chi connectivity index (χ2v) is 9.59. The van der Waals surface area contributed by atoms with Crippen LogP contribution in [0.2, 0.25) is 0 Å². The van der Waals surface area contributed by atoms with Crippen molar-refractivity contribution in [2.45, 2.75) is 24.7 Å². The van der Waals surface area contributed by atoms with E-state index in [0.29, 0.717) is 29.9 Å². The fraction of sp³-hybridized carbons (Fsp3) is 0.381. The molecule has 10 nitrogen and oxygen atoms in total. The molecule has 0 radical (unpaired) electrons. The molecule has 2 heterocycles. The third-order valence-corrected chi connectivity index (χ3v) is 7.70. The lowest BCUT2D eigenvalue weighted by atomic mass is 10.1. The van der Waals surface area contributed by atoms with Crippen LogP contribution in [0.15, 0.2) is 41.3 Å². The highest BCUT2D eigenvalue weighted by molar-refractivity contribution is 7.89. The van der Waals surface area contributed by atoms with Crippen LogP contribution in [0.5, 0.6) is 11.5 Å². The Balaban J connectivity index is 1.36. The van der Waals surface area contributed by atoms with Gasteiger partial charge in [0.1, 0.15) is 0 Å². The van der Waals surface area contributed by atoms with E-state index in [1.807, 2.05) is 18.2 Å². The fourth-order valence-electron chi connectivity index (χ4n) is 3.80. The molecule has 0 unspecified atom stereocenters. The zero-order valence-electron chi connectivity index (χ0n) is 17.5. The van der Waals surface area contributed by atoms with Gasteiger partial charge in [-0.3, -0.25) is 14.9 Å². The first kappa shape index (κ1) is 22.0. The summed E-state index contributed by atoms with van der Waals surface area (Å²) in [6, 6.07) is 9.38. The number of nitro groups is 1. The third kappa shape index (κ3) is 4.39. The van der Waals surface area contributed by atoms with E-state index < -0.39 is 14.9 Å². The maximum absolute atomic E-state index is 13.0. The molecule has 11 heteroatoms. The van der Waals surface area contributed by atoms with Crippen molar-refractivity contribution >= 4 is 21.6 Å². The highest BCUT2D eigenvalue weighted by Crippen LogP contribution is 2.33. The van der Waals surface area contributed by atoms with Crippen molar-refractivity contribution < 1.29 is 27.6 Å². The Morgan fingerprint density at radius 1 is 1.06 bits per heavy atom. The zero-order chi connectivity index (χ0) is 22.9. The number of nitrogens with zero attached hydrogens (tertiary/aromatic N) is 3. The molecule has 2 aromatic carbocycles. The molecule has 0 saturated carbocycles. The number of rotatable bonds is 6. The first-order chi connectivity index (χ1) is 15.3. The van der Waals surface area contributed by atoms with Gasteiger partial charge in [-0.15, -0.1) is 0 Å². The highest BCUT2D eigenvalue weighted by Gasteiger charge is 2.32. The molecule has 0 aliphatic carbocycles. The Hall–Kier alpha value is -3.18. The lowest BCUT2D eigenvalue weighted by Crippen LogP contribution is -2.50. The number of carbonyl (C=O) groups excluding carboxylic acids is 1. The molecule has 2 aliphatic rings. The van der Waals surface area contributed by atoms with Crippen molar-refractivity contribution in [1.29, 1.82) is 0 Å². The minimum Gasteiger partial charge on any atom is -0.454 e. The van der Waals surface area contributed by atoms with E-state index in [1.165, 1.54) is 16.4 Å². The van der Waals surface area contributed by atoms with Crippen LogP contribution in [0.1, 0.15) is 17.5 Å². The van der Waals surface area contributed by atoms with Crippen LogP contribution < -0.4 is 9.47 Å². The van der Waals surface area contributed by atoms with Crippen LogP contribution in [0.4, 0.5) is 5.69 Å². The van der Waals surface area contributed by atoms with Crippen LogP contribution in [-0.4, -0.2) is 61.4 Å². The van der Waals surface area contributed by atoms with Gasteiger partial charge in [-0.05, 0) is 36.6 Å². The van der Waals surface area contributed by atoms with Gasteiger partial charge in [-0.2, -0.15) is 4.31 Å². The second-order valence-electron chi connectivity index (χ2n) is 7.68. The minimum atomic E-state index is -3.89. The number of carbonyl (C=O) groups is 1. The quantitative estimate of drug-likeness (QED) is 0.477. The fourth-order valence-corrected chi connectivity index (χ4v) is 5.47. The van der Waals surface area contributed by atoms with Crippen LogP contribution >= 0.6 is 0 Å². The first-order valence-electron chi connectivity index (χ1n) is 10.2. The number of hydrogen-bond donors (Lipinski definition) is 0. The van der Waals surface area contributed by atoms with Gasteiger partial charge < -0.3 is 14.4 Å². The Labute approximate surface area is 185 Å². The standard InChI is InChI=1S/C21H23N3O7S/c1-15-2-5-17(24(26)27)13-20(15)32(28,29)23-10-8-22(9-11-23)21(25)7-4-16-3-6-18-19(12-16)31-14-30-18/h2-3,5-6,12-13H,4,7-11,14H2,1H3. The van der Waals surface area contributed by atoms with Gasteiger partial charge in [0.05, 0.1) is 9.82 Å². The van der Waals surface area contributed by atoms with Crippen molar-refractivity contribution in [3.63, 3.8) is 0 Å². The van der Waals surface area contributed by atoms with E-state index in [0.717, 1.165) is 11.6 Å². The molecule has 0 spiro atoms. The molecule has 0 aromatic heterocycles. The Morgan fingerprint density at radius 3 is 2.50 bits per heavy atom. The molecule has 1 amide bonds. The molecule has 2 aliphatic heterocycles. The summed E-state index contributed by atoms with van der Waals surface area (Å²) in [4.78, 5) is 24.6. The normalized spacial score (nSPS) is 16.2. The van der Waals surface area contributed by atoms with Crippen molar-refractivity contribution in [3.8, 4) is 11.5 Å². The number of benzene rings is 2. The first-order valence-corrected chi connectivity index (χ1v) is 11.6. The van der Waals surface area contributed by atoms with Crippen molar-refractivity contribution in [3.05, 3.63) is 57.6 Å². The molecule has 0 atom stereocenters. The number of piperazine rings is 1. The number of hydrogen-bond acceptors (Lipinski definition) is 7. The molecule has 4 rings (SSSR count). The van der Waals surface area contributed by atoms with Gasteiger partial charge in [-0.1, -0.05) is 12.1 Å². The summed E-state index contributed by atoms with van der Waals surface area (Å²) in [5.41, 5.74) is 1.13. The summed E-state index contributed by atoms with van der Waals surface area (Å²) >= 11 is 0. The lowest BCUT2D eigenvalue weighted by molar-refractivity contribution is -0.385. The molecular formula is C21H23N3O7S. The molecule has 1 fully saturated rings. The van der Waals surface area contributed by atoms with E-state index in [2.05, 4.69) is 0 Å². The largest absolute Gasteiger partial charge is 0.454 e. The zero-order valence-corrected chi connectivity index (χ0v) is 18.3. The summed E-state index contributed by atoms with van der Waals surface area (Å²) in [6.07, 6.45) is 0.844. The second kappa shape index (κ2) is 8.75. The molecule has 2 aromatic rings. The highest BCUT2D eigenvalue weighted by atomic mass is 32.2. The van der Waals surface area contributed by atoms with Crippen LogP contribution in [0.25, 0.3) is 0 Å². The maximum atomic E-state index is 13.0. The van der Waals surface area contributed by atoms with E-state index in [1.54, 1.807) is 11.8 Å². The van der Waals surface area contributed by atoms with Gasteiger partial charge in [0.15, 0.2) is 11.5 Å². The molecule has 32 heavy (non-hydrogen) atoms. The average molecular weight is 461 g/mol. The Morgan fingerprint density at radius 2 is 1.78 bits per heavy atom. The van der Waals surface area contributed by atoms with Gasteiger partial charge in [-0.25, -0.2) is 8.42 Å². The van der Waals surface area contributed by atoms with Crippen molar-refractivity contribution in [2.24, 2.45) is 0 Å². The number of nitro benzene ring substituents is 1. The molecule has 1 saturated heterocycles. The number of ether oxygens (including phenoxy) is 2. The number of amides is 1. The lowest BCUT2D eigenvalue weighted by Gasteiger charge is -2.34. The predicted molar refractivity (Wildman–Crippen MR) is 114 cm³/mol. The van der Waals surface area contributed by atoms with Crippen LogP contribution in [0.3, 0.4) is 0 Å². The summed E-state index contributed by atoms with van der Waals surface area (Å²) in [5.74, 6) is 1.31. The smallest absolute Gasteiger partial charge is 0.270 e. The molecule has 0 bridgehead atoms.